The number of aromatic nitrogens is 2. The van der Waals surface area contributed by atoms with Crippen LogP contribution in [-0.2, 0) is 4.74 Å². The summed E-state index contributed by atoms with van der Waals surface area (Å²) in [6.45, 7) is 3.41. The summed E-state index contributed by atoms with van der Waals surface area (Å²) in [5.74, 6) is 0.380. The molecule has 178 valence electrons. The molecule has 2 aromatic heterocycles. The number of carbonyl (C=O) groups excluding carboxylic acids is 1. The minimum Gasteiger partial charge on any atom is -0.449 e. The van der Waals surface area contributed by atoms with E-state index in [9.17, 15) is 9.59 Å². The average Bonchev–Trinajstić information content (AvgIpc) is 3.19. The molecule has 0 aliphatic heterocycles. The minimum absolute atomic E-state index is 0.0273. The lowest BCUT2D eigenvalue weighted by atomic mass is 10.0. The number of nitrogens with zero attached hydrogens (tertiary/aromatic N) is 2. The first-order valence-electron chi connectivity index (χ1n) is 10.5. The number of ether oxygens (including phenoxy) is 2. The summed E-state index contributed by atoms with van der Waals surface area (Å²) in [4.78, 5) is 27.3. The first kappa shape index (κ1) is 23.8. The van der Waals surface area contributed by atoms with Gasteiger partial charge in [0.05, 0.1) is 0 Å². The molecule has 0 spiro atoms. The number of rotatable bonds is 6. The molecule has 1 amide bonds. The van der Waals surface area contributed by atoms with Gasteiger partial charge in [-0.3, -0.25) is 5.32 Å². The summed E-state index contributed by atoms with van der Waals surface area (Å²) in [6, 6.07) is 17.6. The molecular weight excluding hydrogens is 474 g/mol. The van der Waals surface area contributed by atoms with E-state index in [1.54, 1.807) is 38.1 Å². The lowest BCUT2D eigenvalue weighted by Crippen LogP contribution is -2.17. The van der Waals surface area contributed by atoms with Crippen molar-refractivity contribution >= 4 is 29.5 Å². The second kappa shape index (κ2) is 10.3. The Morgan fingerprint density at radius 3 is 2.54 bits per heavy atom. The van der Waals surface area contributed by atoms with Crippen LogP contribution in [-0.4, -0.2) is 27.5 Å². The van der Waals surface area contributed by atoms with Crippen LogP contribution in [0.1, 0.15) is 24.4 Å². The van der Waals surface area contributed by atoms with Crippen molar-refractivity contribution in [2.45, 2.75) is 20.0 Å². The van der Waals surface area contributed by atoms with Crippen molar-refractivity contribution in [3.63, 3.8) is 0 Å². The Morgan fingerprint density at radius 1 is 1.06 bits per heavy atom. The Bertz CT molecular complexity index is 1370. The Labute approximate surface area is 205 Å². The largest absolute Gasteiger partial charge is 0.512 e. The molecule has 9 nitrogen and oxygen atoms in total. The Balaban J connectivity index is 1.54. The molecule has 1 atom stereocenters. The van der Waals surface area contributed by atoms with Gasteiger partial charge in [-0.2, -0.15) is 0 Å². The summed E-state index contributed by atoms with van der Waals surface area (Å²) < 4.78 is 15.4. The van der Waals surface area contributed by atoms with Gasteiger partial charge in [-0.05, 0) is 37.6 Å². The van der Waals surface area contributed by atoms with Gasteiger partial charge >= 0.3 is 12.2 Å². The van der Waals surface area contributed by atoms with Gasteiger partial charge in [-0.25, -0.2) is 14.6 Å². The quantitative estimate of drug-likeness (QED) is 0.283. The predicted octanol–water partition coefficient (Wildman–Crippen LogP) is 6.73. The highest BCUT2D eigenvalue weighted by Crippen LogP contribution is 2.33. The van der Waals surface area contributed by atoms with E-state index in [-0.39, 0.29) is 5.88 Å². The van der Waals surface area contributed by atoms with Crippen molar-refractivity contribution in [2.75, 3.05) is 5.32 Å². The highest BCUT2D eigenvalue weighted by molar-refractivity contribution is 6.31. The van der Waals surface area contributed by atoms with Crippen LogP contribution in [0.4, 0.5) is 15.3 Å². The number of halogens is 1. The molecule has 2 N–H and O–H groups in total. The summed E-state index contributed by atoms with van der Waals surface area (Å²) in [5, 5.41) is 16.0. The highest BCUT2D eigenvalue weighted by atomic mass is 35.5. The third-order valence-electron chi connectivity index (χ3n) is 5.11. The Hall–Kier alpha value is -4.37. The molecule has 0 bridgehead atoms. The third kappa shape index (κ3) is 5.59. The number of benzene rings is 2. The fourth-order valence-corrected chi connectivity index (χ4v) is 3.71. The standard InChI is InChI=1S/C25H20ClN3O6/c1-14(19-8-3-4-9-20(19)26)33-24(30)28-22-15(2)35-29-23(22)17-7-5-6-16(12-17)18-10-11-21(27-13-18)34-25(31)32/h3-14H,1-2H3,(H,28,30)(H,31,32). The zero-order chi connectivity index (χ0) is 24.9. The molecular formula is C25H20ClN3O6. The van der Waals surface area contributed by atoms with Crippen LogP contribution >= 0.6 is 11.6 Å². The van der Waals surface area contributed by atoms with Gasteiger partial charge in [0.25, 0.3) is 0 Å². The van der Waals surface area contributed by atoms with Crippen molar-refractivity contribution in [1.82, 2.24) is 10.1 Å². The van der Waals surface area contributed by atoms with Crippen molar-refractivity contribution in [2.24, 2.45) is 0 Å². The second-order valence-corrected chi connectivity index (χ2v) is 7.90. The molecule has 4 aromatic rings. The van der Waals surface area contributed by atoms with E-state index < -0.39 is 18.4 Å². The zero-order valence-corrected chi connectivity index (χ0v) is 19.4. The summed E-state index contributed by atoms with van der Waals surface area (Å²) in [7, 11) is 0. The molecule has 2 heterocycles. The molecule has 0 radical (unpaired) electrons. The molecule has 35 heavy (non-hydrogen) atoms. The number of carbonyl (C=O) groups is 2. The molecule has 0 aliphatic carbocycles. The zero-order valence-electron chi connectivity index (χ0n) is 18.7. The van der Waals surface area contributed by atoms with E-state index in [1.165, 1.54) is 12.3 Å². The number of amides is 1. The molecule has 10 heteroatoms. The molecule has 0 fully saturated rings. The van der Waals surface area contributed by atoms with E-state index in [1.807, 2.05) is 30.3 Å². The monoisotopic (exact) mass is 493 g/mol. The van der Waals surface area contributed by atoms with Crippen LogP contribution in [0.3, 0.4) is 0 Å². The van der Waals surface area contributed by atoms with Crippen molar-refractivity contribution in [1.29, 1.82) is 0 Å². The van der Waals surface area contributed by atoms with E-state index in [0.29, 0.717) is 33.3 Å². The van der Waals surface area contributed by atoms with E-state index in [4.69, 9.17) is 26.0 Å². The lowest BCUT2D eigenvalue weighted by molar-refractivity contribution is 0.121. The number of pyridine rings is 1. The SMILES string of the molecule is Cc1onc(-c2cccc(-c3ccc(OC(=O)O)nc3)c2)c1NC(=O)OC(C)c1ccccc1Cl. The first-order valence-corrected chi connectivity index (χ1v) is 10.9. The fraction of sp³-hybridized carbons (Fsp3) is 0.120. The van der Waals surface area contributed by atoms with Crippen molar-refractivity contribution < 1.29 is 28.7 Å². The average molecular weight is 494 g/mol. The fourth-order valence-electron chi connectivity index (χ4n) is 3.42. The molecule has 0 saturated carbocycles. The number of anilines is 1. The maximum Gasteiger partial charge on any atom is 0.512 e. The predicted molar refractivity (Wildman–Crippen MR) is 129 cm³/mol. The van der Waals surface area contributed by atoms with Crippen LogP contribution in [0.2, 0.25) is 5.02 Å². The van der Waals surface area contributed by atoms with Gasteiger partial charge in [0.1, 0.15) is 17.5 Å². The minimum atomic E-state index is -1.44. The maximum atomic E-state index is 12.6. The van der Waals surface area contributed by atoms with Crippen molar-refractivity contribution in [3.05, 3.63) is 83.2 Å². The molecule has 0 aliphatic rings. The second-order valence-electron chi connectivity index (χ2n) is 7.49. The smallest absolute Gasteiger partial charge is 0.449 e. The summed E-state index contributed by atoms with van der Waals surface area (Å²) in [6.07, 6.45) is -1.19. The van der Waals surface area contributed by atoms with Gasteiger partial charge < -0.3 is 19.1 Å². The van der Waals surface area contributed by atoms with Gasteiger partial charge in [-0.15, -0.1) is 0 Å². The van der Waals surface area contributed by atoms with Crippen LogP contribution in [0.15, 0.2) is 71.4 Å². The number of nitrogens with one attached hydrogen (secondary N) is 1. The Kier molecular flexibility index (Phi) is 6.98. The third-order valence-corrected chi connectivity index (χ3v) is 5.46. The van der Waals surface area contributed by atoms with Crippen molar-refractivity contribution in [3.8, 4) is 28.3 Å². The number of aryl methyl sites for hydroxylation is 1. The molecule has 4 rings (SSSR count). The summed E-state index contributed by atoms with van der Waals surface area (Å²) in [5.41, 5.74) is 3.69. The van der Waals surface area contributed by atoms with Gasteiger partial charge in [-0.1, -0.05) is 53.2 Å². The molecule has 2 aromatic carbocycles. The van der Waals surface area contributed by atoms with E-state index >= 15 is 0 Å². The van der Waals surface area contributed by atoms with Gasteiger partial charge in [0, 0.05) is 34.0 Å². The van der Waals surface area contributed by atoms with Crippen LogP contribution in [0.5, 0.6) is 5.88 Å². The number of hydrogen-bond donors (Lipinski definition) is 2. The molecule has 1 unspecified atom stereocenters. The summed E-state index contributed by atoms with van der Waals surface area (Å²) >= 11 is 6.20. The highest BCUT2D eigenvalue weighted by Gasteiger charge is 2.21. The van der Waals surface area contributed by atoms with E-state index in [0.717, 1.165) is 11.1 Å². The number of hydrogen-bond acceptors (Lipinski definition) is 7. The maximum absolute atomic E-state index is 12.6. The van der Waals surface area contributed by atoms with Crippen LogP contribution in [0, 0.1) is 6.92 Å². The first-order chi connectivity index (χ1) is 16.8. The number of carboxylic acid groups (broad SMARTS) is 1. The normalized spacial score (nSPS) is 11.5. The Morgan fingerprint density at radius 2 is 1.83 bits per heavy atom. The van der Waals surface area contributed by atoms with Crippen LogP contribution in [0.25, 0.3) is 22.4 Å². The van der Waals surface area contributed by atoms with Gasteiger partial charge in [0.15, 0.2) is 5.76 Å². The van der Waals surface area contributed by atoms with E-state index in [2.05, 4.69) is 20.2 Å². The van der Waals surface area contributed by atoms with Crippen LogP contribution < -0.4 is 10.1 Å². The lowest BCUT2D eigenvalue weighted by Gasteiger charge is -2.15. The van der Waals surface area contributed by atoms with Gasteiger partial charge in [0.2, 0.25) is 5.88 Å². The molecule has 0 saturated heterocycles. The topological polar surface area (TPSA) is 124 Å².